The number of aromatic nitrogens is 2. The van der Waals surface area contributed by atoms with Gasteiger partial charge in [0.15, 0.2) is 11.4 Å². The Hall–Kier alpha value is -2.06. The maximum absolute atomic E-state index is 11.1. The lowest BCUT2D eigenvalue weighted by molar-refractivity contribution is 0.0958. The number of hydrogen-bond acceptors (Lipinski definition) is 6. The van der Waals surface area contributed by atoms with Crippen LogP contribution in [0.15, 0.2) is 6.20 Å². The maximum atomic E-state index is 11.1. The second-order valence-corrected chi connectivity index (χ2v) is 3.28. The molecule has 0 aromatic carbocycles. The second-order valence-electron chi connectivity index (χ2n) is 3.28. The van der Waals surface area contributed by atoms with Crippen molar-refractivity contribution in [1.29, 1.82) is 0 Å². The second kappa shape index (κ2) is 5.32. The van der Waals surface area contributed by atoms with Crippen molar-refractivity contribution >= 4 is 11.8 Å². The van der Waals surface area contributed by atoms with Crippen molar-refractivity contribution < 1.29 is 19.8 Å². The Bertz CT molecular complexity index is 445. The molecular weight excluding hydrogens is 228 g/mol. The molecule has 0 atom stereocenters. The topological polar surface area (TPSA) is 152 Å². The highest BCUT2D eigenvalue weighted by atomic mass is 16.3. The van der Waals surface area contributed by atoms with E-state index in [1.807, 2.05) is 0 Å². The van der Waals surface area contributed by atoms with Gasteiger partial charge in [0.25, 0.3) is 11.8 Å². The molecule has 1 rings (SSSR count). The van der Waals surface area contributed by atoms with E-state index in [0.717, 1.165) is 6.20 Å². The first kappa shape index (κ1) is 13.0. The van der Waals surface area contributed by atoms with Crippen LogP contribution in [0.25, 0.3) is 0 Å². The van der Waals surface area contributed by atoms with E-state index in [2.05, 4.69) is 9.97 Å². The molecule has 1 aromatic heterocycles. The number of hydrogen-bond donors (Lipinski definition) is 4. The zero-order valence-corrected chi connectivity index (χ0v) is 8.83. The third-order valence-electron chi connectivity index (χ3n) is 2.12. The number of primary amides is 2. The molecule has 92 valence electrons. The Morgan fingerprint density at radius 2 is 1.71 bits per heavy atom. The summed E-state index contributed by atoms with van der Waals surface area (Å²) in [6.45, 7) is -0.751. The highest BCUT2D eigenvalue weighted by Crippen LogP contribution is 2.13. The number of rotatable bonds is 5. The standard InChI is InChI=1S/C9H12N4O4/c10-8(16)6-7(9(11)17)13-5(1-12-6)4(2-14)3-15/h1,4,14-15H,2-3H2,(H2,10,16)(H2,11,17). The molecule has 0 saturated heterocycles. The molecule has 0 aliphatic heterocycles. The molecule has 0 aliphatic carbocycles. The van der Waals surface area contributed by atoms with E-state index in [1.54, 1.807) is 0 Å². The number of nitrogens with zero attached hydrogens (tertiary/aromatic N) is 2. The smallest absolute Gasteiger partial charge is 0.269 e. The average Bonchev–Trinajstić information content (AvgIpc) is 2.30. The summed E-state index contributed by atoms with van der Waals surface area (Å²) in [5.41, 5.74) is 9.48. The minimum Gasteiger partial charge on any atom is -0.396 e. The van der Waals surface area contributed by atoms with Gasteiger partial charge in [0, 0.05) is 12.1 Å². The predicted octanol–water partition coefficient (Wildman–Crippen LogP) is -2.26. The first-order valence-electron chi connectivity index (χ1n) is 4.69. The van der Waals surface area contributed by atoms with Crippen LogP contribution in [0.2, 0.25) is 0 Å². The highest BCUT2D eigenvalue weighted by Gasteiger charge is 2.20. The third kappa shape index (κ3) is 2.74. The fraction of sp³-hybridized carbons (Fsp3) is 0.333. The van der Waals surface area contributed by atoms with E-state index < -0.39 is 17.7 Å². The van der Waals surface area contributed by atoms with E-state index in [0.29, 0.717) is 0 Å². The molecule has 8 nitrogen and oxygen atoms in total. The Labute approximate surface area is 96.3 Å². The van der Waals surface area contributed by atoms with E-state index >= 15 is 0 Å². The molecule has 6 N–H and O–H groups in total. The average molecular weight is 240 g/mol. The van der Waals surface area contributed by atoms with Gasteiger partial charge < -0.3 is 21.7 Å². The number of aliphatic hydroxyl groups is 2. The van der Waals surface area contributed by atoms with Gasteiger partial charge in [-0.15, -0.1) is 0 Å². The monoisotopic (exact) mass is 240 g/mol. The van der Waals surface area contributed by atoms with Crippen molar-refractivity contribution in [2.24, 2.45) is 11.5 Å². The number of nitrogens with two attached hydrogens (primary N) is 2. The summed E-state index contributed by atoms with van der Waals surface area (Å²) in [4.78, 5) is 29.5. The van der Waals surface area contributed by atoms with Crippen molar-refractivity contribution in [2.75, 3.05) is 13.2 Å². The number of aliphatic hydroxyl groups excluding tert-OH is 2. The SMILES string of the molecule is NC(=O)c1ncc(C(CO)CO)nc1C(N)=O. The van der Waals surface area contributed by atoms with Crippen molar-refractivity contribution in [2.45, 2.75) is 5.92 Å². The van der Waals surface area contributed by atoms with Gasteiger partial charge in [-0.25, -0.2) is 9.97 Å². The molecule has 0 aliphatic rings. The van der Waals surface area contributed by atoms with Gasteiger partial charge in [-0.3, -0.25) is 9.59 Å². The molecule has 8 heteroatoms. The van der Waals surface area contributed by atoms with Gasteiger partial charge in [-0.05, 0) is 0 Å². The van der Waals surface area contributed by atoms with Crippen LogP contribution in [0, 0.1) is 0 Å². The normalized spacial score (nSPS) is 10.5. The largest absolute Gasteiger partial charge is 0.396 e. The van der Waals surface area contributed by atoms with Gasteiger partial charge in [0.05, 0.1) is 18.9 Å². The number of amides is 2. The van der Waals surface area contributed by atoms with Crippen LogP contribution in [-0.2, 0) is 0 Å². The molecule has 0 saturated carbocycles. The Kier molecular flexibility index (Phi) is 4.07. The first-order chi connectivity index (χ1) is 8.01. The molecule has 1 aromatic rings. The lowest BCUT2D eigenvalue weighted by Crippen LogP contribution is -2.25. The van der Waals surface area contributed by atoms with Crippen molar-refractivity contribution in [3.05, 3.63) is 23.3 Å². The van der Waals surface area contributed by atoms with Crippen LogP contribution in [0.4, 0.5) is 0 Å². The van der Waals surface area contributed by atoms with Gasteiger partial charge in [-0.2, -0.15) is 0 Å². The Balaban J connectivity index is 3.27. The zero-order valence-electron chi connectivity index (χ0n) is 8.83. The molecular formula is C9H12N4O4. The van der Waals surface area contributed by atoms with Crippen LogP contribution in [-0.4, -0.2) is 45.2 Å². The van der Waals surface area contributed by atoms with Crippen molar-refractivity contribution in [3.8, 4) is 0 Å². The molecule has 0 bridgehead atoms. The third-order valence-corrected chi connectivity index (χ3v) is 2.12. The van der Waals surface area contributed by atoms with Gasteiger partial charge in [0.1, 0.15) is 0 Å². The van der Waals surface area contributed by atoms with Crippen LogP contribution >= 0.6 is 0 Å². The molecule has 0 radical (unpaired) electrons. The van der Waals surface area contributed by atoms with Crippen LogP contribution in [0.3, 0.4) is 0 Å². The highest BCUT2D eigenvalue weighted by molar-refractivity contribution is 6.03. The first-order valence-corrected chi connectivity index (χ1v) is 4.69. The summed E-state index contributed by atoms with van der Waals surface area (Å²) in [7, 11) is 0. The molecule has 17 heavy (non-hydrogen) atoms. The van der Waals surface area contributed by atoms with Crippen molar-refractivity contribution in [3.63, 3.8) is 0 Å². The van der Waals surface area contributed by atoms with E-state index in [1.165, 1.54) is 0 Å². The minimum absolute atomic E-state index is 0.161. The molecule has 1 heterocycles. The van der Waals surface area contributed by atoms with E-state index in [4.69, 9.17) is 21.7 Å². The maximum Gasteiger partial charge on any atom is 0.269 e. The predicted molar refractivity (Wildman–Crippen MR) is 56.0 cm³/mol. The Morgan fingerprint density at radius 1 is 1.18 bits per heavy atom. The van der Waals surface area contributed by atoms with Crippen molar-refractivity contribution in [1.82, 2.24) is 9.97 Å². The van der Waals surface area contributed by atoms with Crippen LogP contribution < -0.4 is 11.5 Å². The van der Waals surface area contributed by atoms with E-state index in [9.17, 15) is 9.59 Å². The van der Waals surface area contributed by atoms with E-state index in [-0.39, 0.29) is 30.3 Å². The molecule has 0 fully saturated rings. The zero-order chi connectivity index (χ0) is 13.0. The lowest BCUT2D eigenvalue weighted by Gasteiger charge is -2.11. The fourth-order valence-corrected chi connectivity index (χ4v) is 1.20. The summed E-state index contributed by atoms with van der Waals surface area (Å²) in [6.07, 6.45) is 1.16. The Morgan fingerprint density at radius 3 is 2.12 bits per heavy atom. The fourth-order valence-electron chi connectivity index (χ4n) is 1.20. The summed E-state index contributed by atoms with van der Waals surface area (Å²) in [6, 6.07) is 0. The number of carbonyl (C=O) groups is 2. The van der Waals surface area contributed by atoms with Gasteiger partial charge in [0.2, 0.25) is 0 Å². The minimum atomic E-state index is -0.956. The van der Waals surface area contributed by atoms with Gasteiger partial charge >= 0.3 is 0 Å². The quantitative estimate of drug-likeness (QED) is 0.455. The summed E-state index contributed by atoms with van der Waals surface area (Å²) in [5, 5.41) is 17.9. The summed E-state index contributed by atoms with van der Waals surface area (Å²) in [5.74, 6) is -2.58. The molecule has 0 unspecified atom stereocenters. The summed E-state index contributed by atoms with van der Waals surface area (Å²) >= 11 is 0. The lowest BCUT2D eigenvalue weighted by atomic mass is 10.1. The molecule has 2 amide bonds. The molecule has 0 spiro atoms. The summed E-state index contributed by atoms with van der Waals surface area (Å²) < 4.78 is 0. The number of carbonyl (C=O) groups excluding carboxylic acids is 2. The van der Waals surface area contributed by atoms with Crippen LogP contribution in [0.1, 0.15) is 32.6 Å². The van der Waals surface area contributed by atoms with Crippen LogP contribution in [0.5, 0.6) is 0 Å². The van der Waals surface area contributed by atoms with Gasteiger partial charge in [-0.1, -0.05) is 0 Å².